The van der Waals surface area contributed by atoms with Crippen LogP contribution in [-0.2, 0) is 11.3 Å². The number of benzene rings is 2. The summed E-state index contributed by atoms with van der Waals surface area (Å²) in [5.74, 6) is 5.25. The van der Waals surface area contributed by atoms with E-state index in [0.717, 1.165) is 32.5 Å². The van der Waals surface area contributed by atoms with Gasteiger partial charge in [-0.05, 0) is 42.3 Å². The molecule has 3 N–H and O–H groups in total. The lowest BCUT2D eigenvalue weighted by molar-refractivity contribution is -0.126. The van der Waals surface area contributed by atoms with Gasteiger partial charge in [0.15, 0.2) is 0 Å². The number of hydrogen-bond donors (Lipinski definition) is 2. The molecule has 1 fully saturated rings. The van der Waals surface area contributed by atoms with Crippen molar-refractivity contribution < 1.29 is 4.79 Å². The van der Waals surface area contributed by atoms with Gasteiger partial charge in [-0.1, -0.05) is 42.5 Å². The number of nitrogens with one attached hydrogen (secondary N) is 1. The van der Waals surface area contributed by atoms with Crippen LogP contribution in [0.1, 0.15) is 18.4 Å². The van der Waals surface area contributed by atoms with E-state index < -0.39 is 0 Å². The molecule has 0 spiro atoms. The van der Waals surface area contributed by atoms with Gasteiger partial charge in [0.05, 0.1) is 0 Å². The fourth-order valence-corrected chi connectivity index (χ4v) is 3.14. The van der Waals surface area contributed by atoms with Crippen LogP contribution in [0.25, 0.3) is 10.8 Å². The van der Waals surface area contributed by atoms with Crippen LogP contribution >= 0.6 is 0 Å². The van der Waals surface area contributed by atoms with Crippen LogP contribution in [0.4, 0.5) is 0 Å². The van der Waals surface area contributed by atoms with E-state index in [2.05, 4.69) is 52.8 Å². The summed E-state index contributed by atoms with van der Waals surface area (Å²) in [4.78, 5) is 14.0. The lowest BCUT2D eigenvalue weighted by Gasteiger charge is -2.31. The van der Waals surface area contributed by atoms with Crippen molar-refractivity contribution in [2.24, 2.45) is 11.8 Å². The number of nitrogens with two attached hydrogens (primary N) is 1. The normalized spacial score (nSPS) is 17.0. The maximum absolute atomic E-state index is 11.6. The average molecular weight is 283 g/mol. The van der Waals surface area contributed by atoms with Gasteiger partial charge in [-0.25, -0.2) is 5.84 Å². The standard InChI is InChI=1S/C17H21N3O/c18-19-17(21)14-8-10-20(11-9-14)12-15-6-3-5-13-4-1-2-7-16(13)15/h1-7,14H,8-12,18H2,(H,19,21). The van der Waals surface area contributed by atoms with Gasteiger partial charge in [0.2, 0.25) is 5.91 Å². The summed E-state index contributed by atoms with van der Waals surface area (Å²) in [6, 6.07) is 15.0. The maximum atomic E-state index is 11.6. The first-order chi connectivity index (χ1) is 10.3. The van der Waals surface area contributed by atoms with Gasteiger partial charge in [0.25, 0.3) is 0 Å². The Kier molecular flexibility index (Phi) is 4.18. The number of amides is 1. The molecule has 3 rings (SSSR count). The summed E-state index contributed by atoms with van der Waals surface area (Å²) in [5, 5.41) is 2.61. The SMILES string of the molecule is NNC(=O)C1CCN(Cc2cccc3ccccc23)CC1. The third kappa shape index (κ3) is 3.06. The van der Waals surface area contributed by atoms with Gasteiger partial charge in [-0.15, -0.1) is 0 Å². The molecule has 0 aliphatic carbocycles. The molecule has 4 nitrogen and oxygen atoms in total. The largest absolute Gasteiger partial charge is 0.299 e. The second-order valence-electron chi connectivity index (χ2n) is 5.70. The van der Waals surface area contributed by atoms with Crippen molar-refractivity contribution in [3.8, 4) is 0 Å². The van der Waals surface area contributed by atoms with Crippen LogP contribution in [0.15, 0.2) is 42.5 Å². The molecule has 1 saturated heterocycles. The summed E-state index contributed by atoms with van der Waals surface area (Å²) >= 11 is 0. The molecule has 0 saturated carbocycles. The Labute approximate surface area is 124 Å². The van der Waals surface area contributed by atoms with E-state index in [0.29, 0.717) is 0 Å². The highest BCUT2D eigenvalue weighted by Gasteiger charge is 2.24. The maximum Gasteiger partial charge on any atom is 0.237 e. The molecule has 0 unspecified atom stereocenters. The molecule has 1 amide bonds. The minimum Gasteiger partial charge on any atom is -0.299 e. The smallest absolute Gasteiger partial charge is 0.237 e. The lowest BCUT2D eigenvalue weighted by Crippen LogP contribution is -2.42. The minimum absolute atomic E-state index is 0.0280. The van der Waals surface area contributed by atoms with Gasteiger partial charge in [0.1, 0.15) is 0 Å². The molecule has 0 bridgehead atoms. The molecule has 2 aromatic rings. The fourth-order valence-electron chi connectivity index (χ4n) is 3.14. The zero-order valence-electron chi connectivity index (χ0n) is 12.1. The average Bonchev–Trinajstić information content (AvgIpc) is 2.55. The molecule has 0 radical (unpaired) electrons. The highest BCUT2D eigenvalue weighted by Crippen LogP contribution is 2.23. The molecular formula is C17H21N3O. The number of nitrogens with zero attached hydrogens (tertiary/aromatic N) is 1. The summed E-state index contributed by atoms with van der Waals surface area (Å²) in [7, 11) is 0. The molecule has 1 heterocycles. The van der Waals surface area contributed by atoms with E-state index in [9.17, 15) is 4.79 Å². The predicted molar refractivity (Wildman–Crippen MR) is 84.3 cm³/mol. The van der Waals surface area contributed by atoms with Gasteiger partial charge >= 0.3 is 0 Å². The van der Waals surface area contributed by atoms with Crippen molar-refractivity contribution in [3.05, 3.63) is 48.0 Å². The number of carbonyl (C=O) groups excluding carboxylic acids is 1. The Morgan fingerprint density at radius 1 is 1.14 bits per heavy atom. The number of likely N-dealkylation sites (tertiary alicyclic amines) is 1. The molecule has 1 aliphatic heterocycles. The number of carbonyl (C=O) groups is 1. The quantitative estimate of drug-likeness (QED) is 0.515. The van der Waals surface area contributed by atoms with E-state index in [1.54, 1.807) is 0 Å². The van der Waals surface area contributed by atoms with Gasteiger partial charge < -0.3 is 0 Å². The van der Waals surface area contributed by atoms with E-state index in [-0.39, 0.29) is 11.8 Å². The zero-order valence-corrected chi connectivity index (χ0v) is 12.1. The van der Waals surface area contributed by atoms with E-state index in [1.807, 2.05) is 0 Å². The monoisotopic (exact) mass is 283 g/mol. The Morgan fingerprint density at radius 3 is 2.62 bits per heavy atom. The molecule has 110 valence electrons. The highest BCUT2D eigenvalue weighted by molar-refractivity contribution is 5.85. The van der Waals surface area contributed by atoms with Crippen LogP contribution in [0, 0.1) is 5.92 Å². The summed E-state index contributed by atoms with van der Waals surface area (Å²) < 4.78 is 0. The Hall–Kier alpha value is -1.91. The third-order valence-electron chi connectivity index (χ3n) is 4.37. The number of piperidine rings is 1. The molecule has 2 aromatic carbocycles. The van der Waals surface area contributed by atoms with Crippen molar-refractivity contribution in [2.45, 2.75) is 19.4 Å². The topological polar surface area (TPSA) is 58.4 Å². The minimum atomic E-state index is -0.0280. The fraction of sp³-hybridized carbons (Fsp3) is 0.353. The number of rotatable bonds is 3. The highest BCUT2D eigenvalue weighted by atomic mass is 16.2. The number of hydrogen-bond acceptors (Lipinski definition) is 3. The summed E-state index contributed by atoms with van der Waals surface area (Å²) in [6.07, 6.45) is 1.77. The zero-order chi connectivity index (χ0) is 14.7. The first kappa shape index (κ1) is 14.0. The summed E-state index contributed by atoms with van der Waals surface area (Å²) in [5.41, 5.74) is 3.62. The Balaban J connectivity index is 1.69. The summed E-state index contributed by atoms with van der Waals surface area (Å²) in [6.45, 7) is 2.83. The predicted octanol–water partition coefficient (Wildman–Crippen LogP) is 2.04. The van der Waals surface area contributed by atoms with E-state index >= 15 is 0 Å². The van der Waals surface area contributed by atoms with Crippen molar-refractivity contribution in [2.75, 3.05) is 13.1 Å². The number of fused-ring (bicyclic) bond motifs is 1. The van der Waals surface area contributed by atoms with Crippen molar-refractivity contribution in [1.29, 1.82) is 0 Å². The molecule has 21 heavy (non-hydrogen) atoms. The van der Waals surface area contributed by atoms with Crippen molar-refractivity contribution in [1.82, 2.24) is 10.3 Å². The van der Waals surface area contributed by atoms with E-state index in [4.69, 9.17) is 5.84 Å². The second-order valence-corrected chi connectivity index (χ2v) is 5.70. The first-order valence-electron chi connectivity index (χ1n) is 7.47. The lowest BCUT2D eigenvalue weighted by atomic mass is 9.95. The molecule has 4 heteroatoms. The van der Waals surface area contributed by atoms with Crippen molar-refractivity contribution in [3.63, 3.8) is 0 Å². The first-order valence-corrected chi connectivity index (χ1v) is 7.47. The van der Waals surface area contributed by atoms with Crippen molar-refractivity contribution >= 4 is 16.7 Å². The molecule has 0 aromatic heterocycles. The molecule has 0 atom stereocenters. The van der Waals surface area contributed by atoms with Gasteiger partial charge in [-0.2, -0.15) is 0 Å². The Bertz CT molecular complexity index is 627. The van der Waals surface area contributed by atoms with Gasteiger partial charge in [0, 0.05) is 12.5 Å². The van der Waals surface area contributed by atoms with Gasteiger partial charge in [-0.3, -0.25) is 15.1 Å². The second kappa shape index (κ2) is 6.24. The third-order valence-corrected chi connectivity index (χ3v) is 4.37. The van der Waals surface area contributed by atoms with Crippen LogP contribution in [0.2, 0.25) is 0 Å². The Morgan fingerprint density at radius 2 is 1.86 bits per heavy atom. The van der Waals surface area contributed by atoms with Crippen LogP contribution in [-0.4, -0.2) is 23.9 Å². The van der Waals surface area contributed by atoms with Crippen LogP contribution < -0.4 is 11.3 Å². The van der Waals surface area contributed by atoms with E-state index in [1.165, 1.54) is 16.3 Å². The number of hydrazine groups is 1. The van der Waals surface area contributed by atoms with Crippen LogP contribution in [0.3, 0.4) is 0 Å². The van der Waals surface area contributed by atoms with Crippen LogP contribution in [0.5, 0.6) is 0 Å². The molecular weight excluding hydrogens is 262 g/mol. The molecule has 1 aliphatic rings.